The zero-order valence-corrected chi connectivity index (χ0v) is 13.0. The molecule has 3 rings (SSSR count). The maximum atomic E-state index is 12.1. The number of hydrogen-bond acceptors (Lipinski definition) is 3. The van der Waals surface area contributed by atoms with Crippen molar-refractivity contribution in [2.24, 2.45) is 0 Å². The Bertz CT molecular complexity index is 809. The topological polar surface area (TPSA) is 56.0 Å². The van der Waals surface area contributed by atoms with Crippen LogP contribution in [-0.4, -0.2) is 12.5 Å². The number of aromatic nitrogens is 1. The van der Waals surface area contributed by atoms with Crippen molar-refractivity contribution in [3.05, 3.63) is 69.9 Å². The number of rotatable bonds is 4. The Morgan fingerprint density at radius 3 is 2.64 bits per heavy atom. The Kier molecular flexibility index (Phi) is 4.06. The number of para-hydroxylation sites is 1. The van der Waals surface area contributed by atoms with Gasteiger partial charge >= 0.3 is 0 Å². The number of thiazole rings is 1. The van der Waals surface area contributed by atoms with Crippen LogP contribution >= 0.6 is 11.3 Å². The smallest absolute Gasteiger partial charge is 0.251 e. The number of hydrogen-bond donors (Lipinski definition) is 1. The average Bonchev–Trinajstić information content (AvgIpc) is 2.85. The summed E-state index contributed by atoms with van der Waals surface area (Å²) in [5.41, 5.74) is 2.44. The van der Waals surface area contributed by atoms with Gasteiger partial charge in [0.05, 0.1) is 6.42 Å². The van der Waals surface area contributed by atoms with Gasteiger partial charge in [-0.05, 0) is 25.1 Å². The monoisotopic (exact) mass is 312 g/mol. The molecular weight excluding hydrogens is 296 g/mol. The fraction of sp³-hybridized carbons (Fsp3) is 0.176. The minimum Gasteiger partial charge on any atom is -0.617 e. The van der Waals surface area contributed by atoms with E-state index in [-0.39, 0.29) is 5.91 Å². The third kappa shape index (κ3) is 2.94. The van der Waals surface area contributed by atoms with E-state index < -0.39 is 0 Å². The van der Waals surface area contributed by atoms with Gasteiger partial charge in [-0.25, -0.2) is 0 Å². The highest BCUT2D eigenvalue weighted by molar-refractivity contribution is 7.18. The maximum absolute atomic E-state index is 12.1. The highest BCUT2D eigenvalue weighted by Gasteiger charge is 2.15. The van der Waals surface area contributed by atoms with Crippen molar-refractivity contribution in [2.75, 3.05) is 6.54 Å². The minimum absolute atomic E-state index is 0.112. The van der Waals surface area contributed by atoms with Gasteiger partial charge in [-0.15, -0.1) is 0 Å². The molecule has 0 spiro atoms. The molecule has 1 aromatic heterocycles. The molecule has 0 aliphatic heterocycles. The van der Waals surface area contributed by atoms with Crippen LogP contribution in [0.3, 0.4) is 0 Å². The van der Waals surface area contributed by atoms with E-state index in [0.717, 1.165) is 15.0 Å². The summed E-state index contributed by atoms with van der Waals surface area (Å²) in [5.74, 6) is -0.112. The molecule has 0 bridgehead atoms. The third-order valence-electron chi connectivity index (χ3n) is 3.48. The molecule has 1 heterocycles. The highest BCUT2D eigenvalue weighted by Crippen LogP contribution is 2.19. The summed E-state index contributed by atoms with van der Waals surface area (Å²) < 4.78 is 1.93. The van der Waals surface area contributed by atoms with Crippen molar-refractivity contribution < 1.29 is 9.52 Å². The molecule has 0 fully saturated rings. The van der Waals surface area contributed by atoms with Crippen molar-refractivity contribution in [2.45, 2.75) is 13.3 Å². The predicted octanol–water partition coefficient (Wildman–Crippen LogP) is 2.82. The third-order valence-corrected chi connectivity index (χ3v) is 4.65. The number of amides is 1. The Hall–Kier alpha value is -2.40. The molecule has 112 valence electrons. The summed E-state index contributed by atoms with van der Waals surface area (Å²) in [6.07, 6.45) is 0.528. The Balaban J connectivity index is 1.63. The van der Waals surface area contributed by atoms with Gasteiger partial charge in [0.1, 0.15) is 4.70 Å². The molecule has 5 heteroatoms. The zero-order chi connectivity index (χ0) is 15.5. The van der Waals surface area contributed by atoms with Crippen molar-refractivity contribution in [3.8, 4) is 0 Å². The Labute approximate surface area is 132 Å². The summed E-state index contributed by atoms with van der Waals surface area (Å²) in [6.45, 7) is 2.43. The number of nitrogens with one attached hydrogen (secondary N) is 1. The van der Waals surface area contributed by atoms with E-state index >= 15 is 0 Å². The van der Waals surface area contributed by atoms with Gasteiger partial charge in [-0.3, -0.25) is 4.79 Å². The van der Waals surface area contributed by atoms with Crippen molar-refractivity contribution in [3.63, 3.8) is 0 Å². The highest BCUT2D eigenvalue weighted by atomic mass is 32.1. The SMILES string of the molecule is Cc1ccc(C(=O)NCCc2sc3ccccc3[n+]2[O-])cc1. The van der Waals surface area contributed by atoms with E-state index in [0.29, 0.717) is 29.1 Å². The van der Waals surface area contributed by atoms with Crippen LogP contribution in [0.25, 0.3) is 10.2 Å². The standard InChI is InChI=1S/C17H16N2O2S/c1-12-6-8-13(9-7-12)17(20)18-11-10-16-19(21)14-4-2-3-5-15(14)22-16/h2-9H,10-11H2,1H3,(H,18,20). The van der Waals surface area contributed by atoms with Crippen LogP contribution in [-0.2, 0) is 6.42 Å². The second kappa shape index (κ2) is 6.15. The van der Waals surface area contributed by atoms with Gasteiger partial charge in [-0.2, -0.15) is 4.73 Å². The lowest BCUT2D eigenvalue weighted by Gasteiger charge is -2.04. The maximum Gasteiger partial charge on any atom is 0.251 e. The fourth-order valence-corrected chi connectivity index (χ4v) is 3.30. The van der Waals surface area contributed by atoms with Crippen molar-refractivity contribution in [1.29, 1.82) is 0 Å². The molecule has 0 saturated carbocycles. The van der Waals surface area contributed by atoms with Crippen LogP contribution in [0.1, 0.15) is 20.9 Å². The lowest BCUT2D eigenvalue weighted by molar-refractivity contribution is -0.580. The molecule has 0 unspecified atom stereocenters. The van der Waals surface area contributed by atoms with Crippen molar-refractivity contribution >= 4 is 27.5 Å². The average molecular weight is 312 g/mol. The molecule has 0 atom stereocenters. The zero-order valence-electron chi connectivity index (χ0n) is 12.2. The van der Waals surface area contributed by atoms with E-state index in [1.165, 1.54) is 11.3 Å². The molecule has 1 amide bonds. The second-order valence-corrected chi connectivity index (χ2v) is 6.25. The number of aryl methyl sites for hydroxylation is 1. The first-order valence-corrected chi connectivity index (χ1v) is 7.91. The lowest BCUT2D eigenvalue weighted by Crippen LogP contribution is -2.32. The van der Waals surface area contributed by atoms with E-state index in [2.05, 4.69) is 5.32 Å². The summed E-state index contributed by atoms with van der Waals surface area (Å²) in [5, 5.41) is 15.7. The fourth-order valence-electron chi connectivity index (χ4n) is 2.26. The molecule has 0 saturated heterocycles. The lowest BCUT2D eigenvalue weighted by atomic mass is 10.1. The van der Waals surface area contributed by atoms with E-state index in [1.54, 1.807) is 12.1 Å². The Morgan fingerprint density at radius 1 is 1.18 bits per heavy atom. The van der Waals surface area contributed by atoms with Crippen LogP contribution < -0.4 is 10.0 Å². The van der Waals surface area contributed by atoms with Crippen LogP contribution in [0, 0.1) is 12.1 Å². The van der Waals surface area contributed by atoms with Crippen LogP contribution in [0.15, 0.2) is 48.5 Å². The van der Waals surface area contributed by atoms with Crippen molar-refractivity contribution in [1.82, 2.24) is 5.32 Å². The van der Waals surface area contributed by atoms with Gasteiger partial charge in [0.15, 0.2) is 0 Å². The molecule has 0 aliphatic carbocycles. The minimum atomic E-state index is -0.112. The summed E-state index contributed by atoms with van der Waals surface area (Å²) in [4.78, 5) is 12.0. The summed E-state index contributed by atoms with van der Waals surface area (Å²) in [7, 11) is 0. The first kappa shape index (κ1) is 14.5. The quantitative estimate of drug-likeness (QED) is 0.595. The molecule has 3 aromatic rings. The van der Waals surface area contributed by atoms with Gasteiger partial charge in [-0.1, -0.05) is 41.2 Å². The first-order chi connectivity index (χ1) is 10.6. The van der Waals surface area contributed by atoms with Crippen LogP contribution in [0.5, 0.6) is 0 Å². The number of nitrogens with zero attached hydrogens (tertiary/aromatic N) is 1. The predicted molar refractivity (Wildman–Crippen MR) is 88.0 cm³/mol. The van der Waals surface area contributed by atoms with Crippen LogP contribution in [0.4, 0.5) is 0 Å². The van der Waals surface area contributed by atoms with Gasteiger partial charge in [0.2, 0.25) is 5.52 Å². The van der Waals surface area contributed by atoms with Gasteiger partial charge < -0.3 is 10.5 Å². The van der Waals surface area contributed by atoms with E-state index in [4.69, 9.17) is 0 Å². The second-order valence-electron chi connectivity index (χ2n) is 5.13. The summed E-state index contributed by atoms with van der Waals surface area (Å²) >= 11 is 1.47. The molecule has 2 aromatic carbocycles. The van der Waals surface area contributed by atoms with Crippen LogP contribution in [0.2, 0.25) is 0 Å². The van der Waals surface area contributed by atoms with E-state index in [1.807, 2.05) is 43.3 Å². The van der Waals surface area contributed by atoms with E-state index in [9.17, 15) is 10.0 Å². The number of fused-ring (bicyclic) bond motifs is 1. The van der Waals surface area contributed by atoms with Gasteiger partial charge in [0, 0.05) is 18.2 Å². The first-order valence-electron chi connectivity index (χ1n) is 7.10. The summed E-state index contributed by atoms with van der Waals surface area (Å²) in [6, 6.07) is 14.9. The molecule has 22 heavy (non-hydrogen) atoms. The molecule has 0 radical (unpaired) electrons. The number of benzene rings is 2. The molecular formula is C17H16N2O2S. The normalized spacial score (nSPS) is 10.8. The molecule has 0 aliphatic rings. The van der Waals surface area contributed by atoms with Gasteiger partial charge in [0.25, 0.3) is 10.9 Å². The largest absolute Gasteiger partial charge is 0.617 e. The molecule has 1 N–H and O–H groups in total. The molecule has 4 nitrogen and oxygen atoms in total. The Morgan fingerprint density at radius 2 is 1.91 bits per heavy atom. The number of carbonyl (C=O) groups is 1. The number of carbonyl (C=O) groups excluding carboxylic acids is 1.